The minimum Gasteiger partial charge on any atom is -0.497 e. The largest absolute Gasteiger partial charge is 0.497 e. The third kappa shape index (κ3) is 4.70. The molecule has 0 bridgehead atoms. The minimum atomic E-state index is -0.170. The molecule has 0 radical (unpaired) electrons. The Kier molecular flexibility index (Phi) is 5.50. The predicted octanol–water partition coefficient (Wildman–Crippen LogP) is 3.17. The van der Waals surface area contributed by atoms with Gasteiger partial charge in [-0.05, 0) is 48.7 Å². The fourth-order valence-corrected chi connectivity index (χ4v) is 3.44. The highest BCUT2D eigenvalue weighted by molar-refractivity contribution is 8.15. The fourth-order valence-electron chi connectivity index (χ4n) is 2.48. The number of rotatable bonds is 5. The van der Waals surface area contributed by atoms with Gasteiger partial charge in [0.2, 0.25) is 5.91 Å². The van der Waals surface area contributed by atoms with E-state index in [9.17, 15) is 4.79 Å². The Morgan fingerprint density at radius 1 is 1.24 bits per heavy atom. The number of methoxy groups -OCH3 is 1. The number of nitrogens with one attached hydrogen (secondary N) is 1. The van der Waals surface area contributed by atoms with Crippen LogP contribution in [0.3, 0.4) is 0 Å². The first-order chi connectivity index (χ1) is 12.1. The molecule has 1 heterocycles. The van der Waals surface area contributed by atoms with Crippen molar-refractivity contribution >= 4 is 29.1 Å². The number of benzene rings is 2. The van der Waals surface area contributed by atoms with Crippen molar-refractivity contribution < 1.29 is 9.53 Å². The van der Waals surface area contributed by atoms with Gasteiger partial charge in [-0.1, -0.05) is 41.6 Å². The summed E-state index contributed by atoms with van der Waals surface area (Å²) in [6, 6.07) is 15.7. The Hall–Kier alpha value is -2.60. The lowest BCUT2D eigenvalue weighted by atomic mass is 10.1. The second kappa shape index (κ2) is 7.98. The molecule has 0 spiro atoms. The molecule has 2 aromatic rings. The van der Waals surface area contributed by atoms with E-state index >= 15 is 0 Å². The molecule has 1 N–H and O–H groups in total. The van der Waals surface area contributed by atoms with Gasteiger partial charge in [0.25, 0.3) is 0 Å². The maximum Gasteiger partial charge on any atom is 0.239 e. The van der Waals surface area contributed by atoms with Crippen molar-refractivity contribution in [1.82, 2.24) is 5.32 Å². The molecule has 1 saturated heterocycles. The highest BCUT2D eigenvalue weighted by Gasteiger charge is 2.30. The summed E-state index contributed by atoms with van der Waals surface area (Å²) < 4.78 is 5.11. The lowest BCUT2D eigenvalue weighted by Gasteiger charge is -2.05. The van der Waals surface area contributed by atoms with E-state index in [0.717, 1.165) is 16.9 Å². The van der Waals surface area contributed by atoms with Crippen LogP contribution in [0.2, 0.25) is 0 Å². The average molecular weight is 353 g/mol. The second-order valence-electron chi connectivity index (χ2n) is 5.71. The number of carbonyl (C=O) groups excluding carboxylic acids is 1. The summed E-state index contributed by atoms with van der Waals surface area (Å²) in [6.07, 6.45) is 2.33. The van der Waals surface area contributed by atoms with Crippen LogP contribution in [0.1, 0.15) is 16.7 Å². The molecule has 1 aliphatic heterocycles. The molecule has 1 atom stereocenters. The first kappa shape index (κ1) is 17.2. The summed E-state index contributed by atoms with van der Waals surface area (Å²) in [5.74, 6) is 0.769. The summed E-state index contributed by atoms with van der Waals surface area (Å²) >= 11 is 1.42. The number of thioether (sulfide) groups is 1. The molecular formula is C19H19N3O2S. The molecule has 6 heteroatoms. The summed E-state index contributed by atoms with van der Waals surface area (Å²) in [5.41, 5.74) is 3.25. The van der Waals surface area contributed by atoms with Crippen LogP contribution >= 0.6 is 11.8 Å². The van der Waals surface area contributed by atoms with Crippen molar-refractivity contribution in [2.45, 2.75) is 18.6 Å². The Labute approximate surface area is 151 Å². The van der Waals surface area contributed by atoms with Gasteiger partial charge >= 0.3 is 0 Å². The first-order valence-corrected chi connectivity index (χ1v) is 8.80. The van der Waals surface area contributed by atoms with Crippen molar-refractivity contribution in [1.29, 1.82) is 0 Å². The normalized spacial score (nSPS) is 18.7. The van der Waals surface area contributed by atoms with E-state index in [1.54, 1.807) is 13.3 Å². The molecule has 0 unspecified atom stereocenters. The molecule has 0 saturated carbocycles. The fraction of sp³-hybridized carbons (Fsp3) is 0.211. The summed E-state index contributed by atoms with van der Waals surface area (Å²) in [6.45, 7) is 2.05. The van der Waals surface area contributed by atoms with Crippen LogP contribution in [0.5, 0.6) is 5.75 Å². The number of nitrogens with zero attached hydrogens (tertiary/aromatic N) is 2. The number of ether oxygens (including phenoxy) is 1. The SMILES string of the molecule is COc1ccc(C=N/N=C2\NC(=O)[C@@H](Cc3cccc(C)c3)S2)cc1. The molecular weight excluding hydrogens is 334 g/mol. The predicted molar refractivity (Wildman–Crippen MR) is 102 cm³/mol. The van der Waals surface area contributed by atoms with Crippen LogP contribution in [-0.4, -0.2) is 29.6 Å². The first-order valence-electron chi connectivity index (χ1n) is 7.92. The summed E-state index contributed by atoms with van der Waals surface area (Å²) in [4.78, 5) is 12.1. The van der Waals surface area contributed by atoms with Gasteiger partial charge in [-0.25, -0.2) is 0 Å². The van der Waals surface area contributed by atoms with Crippen LogP contribution in [0.4, 0.5) is 0 Å². The van der Waals surface area contributed by atoms with Crippen molar-refractivity contribution in [2.24, 2.45) is 10.2 Å². The van der Waals surface area contributed by atoms with Crippen molar-refractivity contribution in [2.75, 3.05) is 7.11 Å². The van der Waals surface area contributed by atoms with E-state index in [0.29, 0.717) is 11.6 Å². The maximum absolute atomic E-state index is 12.1. The Bertz CT molecular complexity index is 816. The zero-order valence-corrected chi connectivity index (χ0v) is 14.9. The molecule has 25 heavy (non-hydrogen) atoms. The standard InChI is InChI=1S/C19H19N3O2S/c1-13-4-3-5-15(10-13)11-17-18(23)21-19(25-17)22-20-12-14-6-8-16(24-2)9-7-14/h3-10,12,17H,11H2,1-2H3,(H,21,22,23)/t17-/m1/s1. The molecule has 128 valence electrons. The summed E-state index contributed by atoms with van der Waals surface area (Å²) in [7, 11) is 1.63. The monoisotopic (exact) mass is 353 g/mol. The van der Waals surface area contributed by atoms with Gasteiger partial charge in [0, 0.05) is 0 Å². The van der Waals surface area contributed by atoms with Crippen LogP contribution in [0.25, 0.3) is 0 Å². The molecule has 1 amide bonds. The Morgan fingerprint density at radius 2 is 2.04 bits per heavy atom. The van der Waals surface area contributed by atoms with Crippen molar-refractivity contribution in [3.63, 3.8) is 0 Å². The zero-order valence-electron chi connectivity index (χ0n) is 14.1. The average Bonchev–Trinajstić information content (AvgIpc) is 2.95. The molecule has 1 aliphatic rings. The highest BCUT2D eigenvalue weighted by Crippen LogP contribution is 2.23. The van der Waals surface area contributed by atoms with E-state index in [4.69, 9.17) is 4.74 Å². The van der Waals surface area contributed by atoms with E-state index < -0.39 is 0 Å². The number of amides is 1. The molecule has 5 nitrogen and oxygen atoms in total. The minimum absolute atomic E-state index is 0.0232. The quantitative estimate of drug-likeness (QED) is 0.663. The third-order valence-electron chi connectivity index (χ3n) is 3.75. The van der Waals surface area contributed by atoms with E-state index in [-0.39, 0.29) is 11.2 Å². The molecule has 1 fully saturated rings. The number of amidine groups is 1. The number of carbonyl (C=O) groups is 1. The van der Waals surface area contributed by atoms with E-state index in [1.807, 2.05) is 49.4 Å². The van der Waals surface area contributed by atoms with E-state index in [2.05, 4.69) is 21.6 Å². The van der Waals surface area contributed by atoms with E-state index in [1.165, 1.54) is 17.3 Å². The van der Waals surface area contributed by atoms with Gasteiger partial charge in [0.05, 0.1) is 18.6 Å². The van der Waals surface area contributed by atoms with Gasteiger partial charge in [0.1, 0.15) is 5.75 Å². The van der Waals surface area contributed by atoms with Crippen LogP contribution in [0.15, 0.2) is 58.7 Å². The van der Waals surface area contributed by atoms with Crippen molar-refractivity contribution in [3.05, 3.63) is 65.2 Å². The van der Waals surface area contributed by atoms with Gasteiger partial charge in [-0.15, -0.1) is 5.10 Å². The lowest BCUT2D eigenvalue weighted by Crippen LogP contribution is -2.25. The van der Waals surface area contributed by atoms with Gasteiger partial charge in [-0.2, -0.15) is 5.10 Å². The molecule has 0 aliphatic carbocycles. The number of hydrogen-bond acceptors (Lipinski definition) is 5. The number of hydrogen-bond donors (Lipinski definition) is 1. The third-order valence-corrected chi connectivity index (χ3v) is 4.82. The zero-order chi connectivity index (χ0) is 17.6. The Morgan fingerprint density at radius 3 is 2.76 bits per heavy atom. The topological polar surface area (TPSA) is 63.1 Å². The second-order valence-corrected chi connectivity index (χ2v) is 6.90. The summed E-state index contributed by atoms with van der Waals surface area (Å²) in [5, 5.41) is 11.3. The van der Waals surface area contributed by atoms with Crippen LogP contribution in [0, 0.1) is 6.92 Å². The Balaban J connectivity index is 1.61. The lowest BCUT2D eigenvalue weighted by molar-refractivity contribution is -0.118. The van der Waals surface area contributed by atoms with Crippen LogP contribution in [-0.2, 0) is 11.2 Å². The van der Waals surface area contributed by atoms with Gasteiger partial charge in [-0.3, -0.25) is 4.79 Å². The highest BCUT2D eigenvalue weighted by atomic mass is 32.2. The van der Waals surface area contributed by atoms with Gasteiger partial charge < -0.3 is 10.1 Å². The molecule has 2 aromatic carbocycles. The van der Waals surface area contributed by atoms with Crippen molar-refractivity contribution in [3.8, 4) is 5.75 Å². The molecule has 0 aromatic heterocycles. The number of aryl methyl sites for hydroxylation is 1. The maximum atomic E-state index is 12.1. The molecule has 3 rings (SSSR count). The van der Waals surface area contributed by atoms with Crippen LogP contribution < -0.4 is 10.1 Å². The smallest absolute Gasteiger partial charge is 0.239 e. The van der Waals surface area contributed by atoms with Gasteiger partial charge in [0.15, 0.2) is 5.17 Å².